The van der Waals surface area contributed by atoms with Gasteiger partial charge in [-0.1, -0.05) is 6.42 Å². The zero-order valence-electron chi connectivity index (χ0n) is 7.71. The van der Waals surface area contributed by atoms with Crippen LogP contribution < -0.4 is 0 Å². The molecule has 1 N–H and O–H groups in total. The SMILES string of the molecule is O[C@@H]1CCC[C@@H]1N1CCCCC1. The molecule has 0 bridgehead atoms. The zero-order valence-corrected chi connectivity index (χ0v) is 7.71. The summed E-state index contributed by atoms with van der Waals surface area (Å²) in [6.07, 6.45) is 7.51. The molecule has 1 saturated carbocycles. The van der Waals surface area contributed by atoms with E-state index in [1.54, 1.807) is 0 Å². The summed E-state index contributed by atoms with van der Waals surface area (Å²) in [5.74, 6) is 0. The van der Waals surface area contributed by atoms with Gasteiger partial charge in [-0.25, -0.2) is 0 Å². The van der Waals surface area contributed by atoms with Crippen molar-refractivity contribution >= 4 is 0 Å². The number of hydrogen-bond acceptors (Lipinski definition) is 2. The average molecular weight is 169 g/mol. The van der Waals surface area contributed by atoms with E-state index in [4.69, 9.17) is 0 Å². The molecule has 2 nitrogen and oxygen atoms in total. The van der Waals surface area contributed by atoms with Gasteiger partial charge < -0.3 is 5.11 Å². The maximum atomic E-state index is 9.70. The third kappa shape index (κ3) is 1.64. The minimum Gasteiger partial charge on any atom is -0.391 e. The van der Waals surface area contributed by atoms with Crippen LogP contribution in [0.1, 0.15) is 38.5 Å². The molecule has 2 fully saturated rings. The summed E-state index contributed by atoms with van der Waals surface area (Å²) in [5.41, 5.74) is 0. The first-order chi connectivity index (χ1) is 5.88. The Hall–Kier alpha value is -0.0800. The molecule has 1 heterocycles. The highest BCUT2D eigenvalue weighted by Crippen LogP contribution is 2.26. The molecule has 2 atom stereocenters. The van der Waals surface area contributed by atoms with Crippen molar-refractivity contribution in [2.24, 2.45) is 0 Å². The fourth-order valence-corrected chi connectivity index (χ4v) is 2.60. The standard InChI is InChI=1S/C10H19NO/c12-10-6-4-5-9(10)11-7-2-1-3-8-11/h9-10,12H,1-8H2/t9-,10+/m0/s1. The molecule has 12 heavy (non-hydrogen) atoms. The lowest BCUT2D eigenvalue weighted by molar-refractivity contribution is 0.0591. The summed E-state index contributed by atoms with van der Waals surface area (Å²) < 4.78 is 0. The first kappa shape index (κ1) is 8.52. The van der Waals surface area contributed by atoms with Gasteiger partial charge in [0, 0.05) is 6.04 Å². The predicted molar refractivity (Wildman–Crippen MR) is 49.1 cm³/mol. The number of hydrogen-bond donors (Lipinski definition) is 1. The van der Waals surface area contributed by atoms with Gasteiger partial charge in [-0.15, -0.1) is 0 Å². The number of likely N-dealkylation sites (tertiary alicyclic amines) is 1. The first-order valence-corrected chi connectivity index (χ1v) is 5.30. The summed E-state index contributed by atoms with van der Waals surface area (Å²) in [6.45, 7) is 2.45. The largest absolute Gasteiger partial charge is 0.391 e. The average Bonchev–Trinajstić information content (AvgIpc) is 2.53. The highest BCUT2D eigenvalue weighted by atomic mass is 16.3. The quantitative estimate of drug-likeness (QED) is 0.641. The topological polar surface area (TPSA) is 23.5 Å². The van der Waals surface area contributed by atoms with E-state index in [1.165, 1.54) is 45.2 Å². The van der Waals surface area contributed by atoms with Gasteiger partial charge in [-0.2, -0.15) is 0 Å². The number of aliphatic hydroxyl groups excluding tert-OH is 1. The monoisotopic (exact) mass is 169 g/mol. The third-order valence-electron chi connectivity index (χ3n) is 3.30. The molecule has 2 aliphatic rings. The van der Waals surface area contributed by atoms with Crippen LogP contribution in [0.2, 0.25) is 0 Å². The highest BCUT2D eigenvalue weighted by molar-refractivity contribution is 4.86. The first-order valence-electron chi connectivity index (χ1n) is 5.30. The van der Waals surface area contributed by atoms with E-state index in [0.29, 0.717) is 6.04 Å². The Kier molecular flexibility index (Phi) is 2.66. The molecule has 0 aromatic heterocycles. The maximum Gasteiger partial charge on any atom is 0.0695 e. The van der Waals surface area contributed by atoms with Gasteiger partial charge in [-0.05, 0) is 45.2 Å². The highest BCUT2D eigenvalue weighted by Gasteiger charge is 2.30. The van der Waals surface area contributed by atoms with Crippen molar-refractivity contribution in [2.45, 2.75) is 50.7 Å². The summed E-state index contributed by atoms with van der Waals surface area (Å²) in [6, 6.07) is 0.505. The Bertz CT molecular complexity index is 143. The minimum absolute atomic E-state index is 0.0249. The van der Waals surface area contributed by atoms with Crippen LogP contribution in [-0.4, -0.2) is 35.2 Å². The van der Waals surface area contributed by atoms with Crippen molar-refractivity contribution in [3.8, 4) is 0 Å². The van der Waals surface area contributed by atoms with Crippen LogP contribution in [0.3, 0.4) is 0 Å². The molecular formula is C10H19NO. The van der Waals surface area contributed by atoms with Crippen molar-refractivity contribution in [1.29, 1.82) is 0 Å². The second kappa shape index (κ2) is 3.75. The second-order valence-electron chi connectivity index (χ2n) is 4.16. The van der Waals surface area contributed by atoms with Gasteiger partial charge >= 0.3 is 0 Å². The number of rotatable bonds is 1. The van der Waals surface area contributed by atoms with Crippen molar-refractivity contribution < 1.29 is 5.11 Å². The summed E-state index contributed by atoms with van der Waals surface area (Å²) in [4.78, 5) is 2.50. The van der Waals surface area contributed by atoms with Gasteiger partial charge in [0.15, 0.2) is 0 Å². The summed E-state index contributed by atoms with van der Waals surface area (Å²) in [7, 11) is 0. The molecule has 1 aliphatic carbocycles. The molecule has 0 aromatic carbocycles. The van der Waals surface area contributed by atoms with Crippen molar-refractivity contribution in [1.82, 2.24) is 4.90 Å². The Morgan fingerprint density at radius 2 is 1.67 bits per heavy atom. The molecule has 2 rings (SSSR count). The number of nitrogens with zero attached hydrogens (tertiary/aromatic N) is 1. The molecule has 1 saturated heterocycles. The summed E-state index contributed by atoms with van der Waals surface area (Å²) in [5, 5.41) is 9.70. The van der Waals surface area contributed by atoms with Crippen LogP contribution in [0.4, 0.5) is 0 Å². The lowest BCUT2D eigenvalue weighted by Gasteiger charge is -2.33. The molecule has 1 aliphatic heterocycles. The predicted octanol–water partition coefficient (Wildman–Crippen LogP) is 1.39. The van der Waals surface area contributed by atoms with E-state index in [2.05, 4.69) is 4.90 Å². The van der Waals surface area contributed by atoms with Crippen LogP contribution >= 0.6 is 0 Å². The van der Waals surface area contributed by atoms with Crippen LogP contribution in [0, 0.1) is 0 Å². The zero-order chi connectivity index (χ0) is 8.39. The van der Waals surface area contributed by atoms with Crippen LogP contribution in [0.15, 0.2) is 0 Å². The molecular weight excluding hydrogens is 150 g/mol. The molecule has 70 valence electrons. The fourth-order valence-electron chi connectivity index (χ4n) is 2.60. The molecule has 0 spiro atoms. The second-order valence-corrected chi connectivity index (χ2v) is 4.16. The van der Waals surface area contributed by atoms with Crippen molar-refractivity contribution in [3.05, 3.63) is 0 Å². The normalized spacial score (nSPS) is 38.8. The van der Waals surface area contributed by atoms with E-state index in [1.807, 2.05) is 0 Å². The van der Waals surface area contributed by atoms with Crippen LogP contribution in [-0.2, 0) is 0 Å². The van der Waals surface area contributed by atoms with Gasteiger partial charge in [0.05, 0.1) is 6.10 Å². The van der Waals surface area contributed by atoms with E-state index >= 15 is 0 Å². The molecule has 0 amide bonds. The Morgan fingerprint density at radius 3 is 2.25 bits per heavy atom. The Morgan fingerprint density at radius 1 is 0.917 bits per heavy atom. The van der Waals surface area contributed by atoms with Crippen LogP contribution in [0.5, 0.6) is 0 Å². The van der Waals surface area contributed by atoms with E-state index in [-0.39, 0.29) is 6.10 Å². The number of piperidine rings is 1. The Labute approximate surface area is 74.6 Å². The van der Waals surface area contributed by atoms with E-state index in [9.17, 15) is 5.11 Å². The van der Waals surface area contributed by atoms with E-state index in [0.717, 1.165) is 6.42 Å². The van der Waals surface area contributed by atoms with Crippen LogP contribution in [0.25, 0.3) is 0 Å². The molecule has 0 aromatic rings. The maximum absolute atomic E-state index is 9.70. The van der Waals surface area contributed by atoms with E-state index < -0.39 is 0 Å². The molecule has 0 unspecified atom stereocenters. The van der Waals surface area contributed by atoms with Gasteiger partial charge in [0.1, 0.15) is 0 Å². The minimum atomic E-state index is -0.0249. The van der Waals surface area contributed by atoms with Gasteiger partial charge in [-0.3, -0.25) is 4.90 Å². The lowest BCUT2D eigenvalue weighted by atomic mass is 10.1. The van der Waals surface area contributed by atoms with Crippen molar-refractivity contribution in [3.63, 3.8) is 0 Å². The number of aliphatic hydroxyl groups is 1. The van der Waals surface area contributed by atoms with Gasteiger partial charge in [0.2, 0.25) is 0 Å². The Balaban J connectivity index is 1.89. The third-order valence-corrected chi connectivity index (χ3v) is 3.30. The van der Waals surface area contributed by atoms with Gasteiger partial charge in [0.25, 0.3) is 0 Å². The molecule has 2 heteroatoms. The molecule has 0 radical (unpaired) electrons. The lowest BCUT2D eigenvalue weighted by Crippen LogP contribution is -2.43. The summed E-state index contributed by atoms with van der Waals surface area (Å²) >= 11 is 0. The smallest absolute Gasteiger partial charge is 0.0695 e. The van der Waals surface area contributed by atoms with Crippen molar-refractivity contribution in [2.75, 3.05) is 13.1 Å². The fraction of sp³-hybridized carbons (Fsp3) is 1.00.